The molecule has 0 saturated heterocycles. The molecule has 1 unspecified atom stereocenters. The Balaban J connectivity index is 1.70. The maximum Gasteiger partial charge on any atom is 0.191 e. The van der Waals surface area contributed by atoms with Gasteiger partial charge in [-0.05, 0) is 49.2 Å². The van der Waals surface area contributed by atoms with E-state index in [2.05, 4.69) is 38.3 Å². The van der Waals surface area contributed by atoms with Crippen LogP contribution in [0.2, 0.25) is 5.02 Å². The average Bonchev–Trinajstić information content (AvgIpc) is 2.97. The minimum absolute atomic E-state index is 0.257. The number of hydrogen-bond acceptors (Lipinski definition) is 4. The molecule has 0 radical (unpaired) electrons. The molecule has 0 amide bonds. The zero-order chi connectivity index (χ0) is 18.7. The van der Waals surface area contributed by atoms with Gasteiger partial charge in [0.2, 0.25) is 0 Å². The Hall–Kier alpha value is -1.50. The summed E-state index contributed by atoms with van der Waals surface area (Å²) in [5, 5.41) is 10.1. The van der Waals surface area contributed by atoms with Crippen LogP contribution in [-0.4, -0.2) is 14.8 Å². The molecule has 3 rings (SSSR count). The summed E-state index contributed by atoms with van der Waals surface area (Å²) in [5.74, 6) is 2.24. The zero-order valence-electron chi connectivity index (χ0n) is 14.7. The molecule has 136 valence electrons. The minimum atomic E-state index is -0.257. The second kappa shape index (κ2) is 8.46. The number of nitrogens with zero attached hydrogens (tertiary/aromatic N) is 3. The summed E-state index contributed by atoms with van der Waals surface area (Å²) < 4.78 is 9.06. The summed E-state index contributed by atoms with van der Waals surface area (Å²) in [5.41, 5.74) is 2.32. The van der Waals surface area contributed by atoms with E-state index in [1.807, 2.05) is 55.8 Å². The lowest BCUT2D eigenvalue weighted by Gasteiger charge is -2.15. The van der Waals surface area contributed by atoms with Gasteiger partial charge in [-0.25, -0.2) is 0 Å². The van der Waals surface area contributed by atoms with Crippen molar-refractivity contribution in [2.75, 3.05) is 0 Å². The van der Waals surface area contributed by atoms with Crippen molar-refractivity contribution < 1.29 is 4.74 Å². The van der Waals surface area contributed by atoms with E-state index in [0.29, 0.717) is 10.8 Å². The highest BCUT2D eigenvalue weighted by atomic mass is 79.9. The Morgan fingerprint density at radius 1 is 1.23 bits per heavy atom. The molecule has 2 aromatic carbocycles. The van der Waals surface area contributed by atoms with E-state index in [9.17, 15) is 0 Å². The van der Waals surface area contributed by atoms with Crippen LogP contribution in [0.4, 0.5) is 0 Å². The molecule has 0 bridgehead atoms. The van der Waals surface area contributed by atoms with Gasteiger partial charge in [-0.3, -0.25) is 0 Å². The van der Waals surface area contributed by atoms with Crippen LogP contribution >= 0.6 is 39.3 Å². The lowest BCUT2D eigenvalue weighted by Crippen LogP contribution is -2.10. The number of halogens is 2. The van der Waals surface area contributed by atoms with Gasteiger partial charge in [0.05, 0.1) is 5.02 Å². The average molecular weight is 453 g/mol. The highest BCUT2D eigenvalue weighted by Gasteiger charge is 2.18. The number of hydrogen-bond donors (Lipinski definition) is 0. The Bertz CT molecular complexity index is 916. The Morgan fingerprint density at radius 2 is 2.04 bits per heavy atom. The number of ether oxygens (including phenoxy) is 1. The topological polar surface area (TPSA) is 39.9 Å². The van der Waals surface area contributed by atoms with Crippen LogP contribution < -0.4 is 4.74 Å². The summed E-state index contributed by atoms with van der Waals surface area (Å²) in [6, 6.07) is 14.0. The predicted molar refractivity (Wildman–Crippen MR) is 110 cm³/mol. The maximum atomic E-state index is 6.23. The summed E-state index contributed by atoms with van der Waals surface area (Å²) in [7, 11) is 1.95. The van der Waals surface area contributed by atoms with Crippen LogP contribution in [0.1, 0.15) is 30.0 Å². The fourth-order valence-corrected chi connectivity index (χ4v) is 3.99. The number of aryl methyl sites for hydroxylation is 1. The first kappa shape index (κ1) is 19.3. The SMILES string of the molecule is Cc1ccc(Cl)c(OC(C)c2nnc(SCc3cccc(Br)c3)n2C)c1. The smallest absolute Gasteiger partial charge is 0.191 e. The van der Waals surface area contributed by atoms with Crippen molar-refractivity contribution in [3.8, 4) is 5.75 Å². The van der Waals surface area contributed by atoms with Crippen molar-refractivity contribution in [3.05, 3.63) is 68.9 Å². The third-order valence-electron chi connectivity index (χ3n) is 3.88. The molecule has 26 heavy (non-hydrogen) atoms. The molecule has 1 atom stereocenters. The second-order valence-corrected chi connectivity index (χ2v) is 8.28. The van der Waals surface area contributed by atoms with Gasteiger partial charge in [-0.2, -0.15) is 0 Å². The van der Waals surface area contributed by atoms with Gasteiger partial charge in [-0.15, -0.1) is 10.2 Å². The molecule has 1 aromatic heterocycles. The molecule has 7 heteroatoms. The first-order chi connectivity index (χ1) is 12.4. The number of thioether (sulfide) groups is 1. The molecular formula is C19H19BrClN3OS. The highest BCUT2D eigenvalue weighted by molar-refractivity contribution is 9.10. The van der Waals surface area contributed by atoms with Crippen molar-refractivity contribution in [1.82, 2.24) is 14.8 Å². The number of benzene rings is 2. The van der Waals surface area contributed by atoms with Crippen molar-refractivity contribution in [3.63, 3.8) is 0 Å². The van der Waals surface area contributed by atoms with Gasteiger partial charge in [0, 0.05) is 17.3 Å². The van der Waals surface area contributed by atoms with Gasteiger partial charge in [0.25, 0.3) is 0 Å². The van der Waals surface area contributed by atoms with E-state index in [1.165, 1.54) is 5.56 Å². The summed E-state index contributed by atoms with van der Waals surface area (Å²) in [4.78, 5) is 0. The summed E-state index contributed by atoms with van der Waals surface area (Å²) in [6.07, 6.45) is -0.257. The van der Waals surface area contributed by atoms with E-state index >= 15 is 0 Å². The van der Waals surface area contributed by atoms with Gasteiger partial charge in [-0.1, -0.05) is 57.5 Å². The highest BCUT2D eigenvalue weighted by Crippen LogP contribution is 2.30. The molecule has 4 nitrogen and oxygen atoms in total. The van der Waals surface area contributed by atoms with Gasteiger partial charge >= 0.3 is 0 Å². The van der Waals surface area contributed by atoms with E-state index in [-0.39, 0.29) is 6.10 Å². The second-order valence-electron chi connectivity index (χ2n) is 6.01. The molecule has 3 aromatic rings. The predicted octanol–water partition coefficient (Wildman–Crippen LogP) is 5.97. The first-order valence-corrected chi connectivity index (χ1v) is 10.3. The van der Waals surface area contributed by atoms with Gasteiger partial charge in [0.15, 0.2) is 17.1 Å². The maximum absolute atomic E-state index is 6.23. The first-order valence-electron chi connectivity index (χ1n) is 8.13. The van der Waals surface area contributed by atoms with Crippen molar-refractivity contribution in [2.24, 2.45) is 7.05 Å². The Kier molecular flexibility index (Phi) is 6.27. The lowest BCUT2D eigenvalue weighted by atomic mass is 10.2. The summed E-state index contributed by atoms with van der Waals surface area (Å²) >= 11 is 11.4. The Labute approximate surface area is 171 Å². The molecule has 0 spiro atoms. The molecule has 0 aliphatic rings. The fourth-order valence-electron chi connectivity index (χ4n) is 2.52. The van der Waals surface area contributed by atoms with E-state index in [0.717, 1.165) is 26.8 Å². The molecule has 0 fully saturated rings. The standard InChI is InChI=1S/C19H19BrClN3OS/c1-12-7-8-16(21)17(9-12)25-13(2)18-22-23-19(24(18)3)26-11-14-5-4-6-15(20)10-14/h4-10,13H,11H2,1-3H3. The van der Waals surface area contributed by atoms with E-state index < -0.39 is 0 Å². The van der Waals surface area contributed by atoms with Crippen LogP contribution in [0.5, 0.6) is 5.75 Å². The number of rotatable bonds is 6. The molecule has 0 N–H and O–H groups in total. The molecular weight excluding hydrogens is 434 g/mol. The lowest BCUT2D eigenvalue weighted by molar-refractivity contribution is 0.211. The summed E-state index contributed by atoms with van der Waals surface area (Å²) in [6.45, 7) is 3.96. The Morgan fingerprint density at radius 3 is 2.81 bits per heavy atom. The fraction of sp³-hybridized carbons (Fsp3) is 0.263. The van der Waals surface area contributed by atoms with Crippen LogP contribution in [0.15, 0.2) is 52.1 Å². The van der Waals surface area contributed by atoms with Gasteiger partial charge < -0.3 is 9.30 Å². The third kappa shape index (κ3) is 4.61. The quantitative estimate of drug-likeness (QED) is 0.432. The largest absolute Gasteiger partial charge is 0.481 e. The van der Waals surface area contributed by atoms with Gasteiger partial charge in [0.1, 0.15) is 5.75 Å². The van der Waals surface area contributed by atoms with Crippen LogP contribution in [0.25, 0.3) is 0 Å². The van der Waals surface area contributed by atoms with Crippen LogP contribution in [0.3, 0.4) is 0 Å². The van der Waals surface area contributed by atoms with Crippen molar-refractivity contribution >= 4 is 39.3 Å². The van der Waals surface area contributed by atoms with Crippen LogP contribution in [0, 0.1) is 6.92 Å². The molecule has 0 aliphatic carbocycles. The molecule has 0 saturated carbocycles. The van der Waals surface area contributed by atoms with Crippen molar-refractivity contribution in [2.45, 2.75) is 30.9 Å². The normalized spacial score (nSPS) is 12.2. The molecule has 0 aliphatic heterocycles. The van der Waals surface area contributed by atoms with E-state index in [1.54, 1.807) is 11.8 Å². The minimum Gasteiger partial charge on any atom is -0.481 e. The van der Waals surface area contributed by atoms with E-state index in [4.69, 9.17) is 16.3 Å². The monoisotopic (exact) mass is 451 g/mol. The van der Waals surface area contributed by atoms with Crippen molar-refractivity contribution in [1.29, 1.82) is 0 Å². The zero-order valence-corrected chi connectivity index (χ0v) is 17.9. The number of aromatic nitrogens is 3. The molecule has 1 heterocycles. The third-order valence-corrected chi connectivity index (χ3v) is 5.78. The van der Waals surface area contributed by atoms with Crippen LogP contribution in [-0.2, 0) is 12.8 Å².